The Kier molecular flexibility index (Phi) is 5.73. The molecule has 140 valence electrons. The number of carbonyl (C=O) groups is 1. The summed E-state index contributed by atoms with van der Waals surface area (Å²) in [5.41, 5.74) is 2.66. The largest absolute Gasteiger partial charge is 0.491 e. The number of benzene rings is 1. The number of hydrogen-bond donors (Lipinski definition) is 1. The molecule has 1 unspecified atom stereocenters. The normalized spacial score (nSPS) is 20.0. The summed E-state index contributed by atoms with van der Waals surface area (Å²) in [5, 5.41) is 4.40. The van der Waals surface area contributed by atoms with Crippen molar-refractivity contribution < 1.29 is 14.3 Å². The van der Waals surface area contributed by atoms with Crippen molar-refractivity contribution in [2.24, 2.45) is 0 Å². The molecule has 1 heterocycles. The van der Waals surface area contributed by atoms with E-state index in [0.717, 1.165) is 36.2 Å². The van der Waals surface area contributed by atoms with Crippen LogP contribution in [0.2, 0.25) is 5.02 Å². The number of ether oxygens (including phenoxy) is 2. The van der Waals surface area contributed by atoms with Crippen LogP contribution in [-0.4, -0.2) is 36.1 Å². The van der Waals surface area contributed by atoms with E-state index in [1.54, 1.807) is 7.11 Å². The van der Waals surface area contributed by atoms with Crippen LogP contribution in [0.4, 0.5) is 0 Å². The topological polar surface area (TPSA) is 50.8 Å². The number of carbonyl (C=O) groups excluding carboxylic acids is 1. The van der Waals surface area contributed by atoms with Crippen molar-refractivity contribution in [1.29, 1.82) is 0 Å². The Hall–Kier alpha value is -1.79. The zero-order valence-corrected chi connectivity index (χ0v) is 16.8. The van der Waals surface area contributed by atoms with Gasteiger partial charge in [0, 0.05) is 24.2 Å². The maximum atomic E-state index is 12.7. The van der Waals surface area contributed by atoms with E-state index in [-0.39, 0.29) is 11.8 Å². The van der Waals surface area contributed by atoms with Gasteiger partial charge in [0.15, 0.2) is 22.4 Å². The molecule has 2 aliphatic rings. The maximum Gasteiger partial charge on any atom is 0.179 e. The predicted octanol–water partition coefficient (Wildman–Crippen LogP) is 4.01. The van der Waals surface area contributed by atoms with Crippen LogP contribution in [0.15, 0.2) is 23.4 Å². The second-order valence-corrected chi connectivity index (χ2v) is 7.02. The molecule has 0 amide bonds. The average molecular weight is 395 g/mol. The summed E-state index contributed by atoms with van der Waals surface area (Å²) in [6.07, 6.45) is 2.27. The number of methoxy groups -OCH3 is 1. The van der Waals surface area contributed by atoms with Crippen LogP contribution >= 0.6 is 23.8 Å². The minimum atomic E-state index is -0.323. The Morgan fingerprint density at radius 3 is 2.77 bits per heavy atom. The van der Waals surface area contributed by atoms with Gasteiger partial charge in [0.25, 0.3) is 0 Å². The van der Waals surface area contributed by atoms with E-state index in [0.29, 0.717) is 34.7 Å². The summed E-state index contributed by atoms with van der Waals surface area (Å²) >= 11 is 12.0. The van der Waals surface area contributed by atoms with E-state index in [2.05, 4.69) is 5.32 Å². The van der Waals surface area contributed by atoms with E-state index in [4.69, 9.17) is 33.3 Å². The van der Waals surface area contributed by atoms with Crippen molar-refractivity contribution in [3.05, 3.63) is 34.0 Å². The molecule has 0 fully saturated rings. The summed E-state index contributed by atoms with van der Waals surface area (Å²) in [6.45, 7) is 5.16. The fourth-order valence-electron chi connectivity index (χ4n) is 3.65. The zero-order chi connectivity index (χ0) is 18.8. The number of ketones is 1. The molecule has 3 rings (SSSR count). The first-order chi connectivity index (χ1) is 12.5. The van der Waals surface area contributed by atoms with E-state index in [1.165, 1.54) is 0 Å². The molecule has 26 heavy (non-hydrogen) atoms. The van der Waals surface area contributed by atoms with Crippen LogP contribution in [0.5, 0.6) is 11.5 Å². The number of halogens is 1. The van der Waals surface area contributed by atoms with Crippen LogP contribution in [0.25, 0.3) is 0 Å². The summed E-state index contributed by atoms with van der Waals surface area (Å²) in [6, 6.07) is 3.37. The first-order valence-corrected chi connectivity index (χ1v) is 9.64. The SMILES string of the molecule is CCOc1cc(C2NC(=S)N(CC)C3=C2C(=O)CCC3)cc(Cl)c1OC. The molecule has 1 N–H and O–H groups in total. The molecule has 0 saturated heterocycles. The van der Waals surface area contributed by atoms with Crippen LogP contribution in [0, 0.1) is 0 Å². The molecule has 0 spiro atoms. The van der Waals surface area contributed by atoms with Crippen molar-refractivity contribution in [3.8, 4) is 11.5 Å². The monoisotopic (exact) mass is 394 g/mol. The molecule has 5 nitrogen and oxygen atoms in total. The molecule has 0 aromatic heterocycles. The van der Waals surface area contributed by atoms with Crippen LogP contribution in [0.3, 0.4) is 0 Å². The molecule has 1 aromatic carbocycles. The lowest BCUT2D eigenvalue weighted by Gasteiger charge is -2.40. The molecule has 1 aromatic rings. The minimum absolute atomic E-state index is 0.162. The Morgan fingerprint density at radius 1 is 1.35 bits per heavy atom. The highest BCUT2D eigenvalue weighted by Gasteiger charge is 2.37. The zero-order valence-electron chi connectivity index (χ0n) is 15.2. The molecule has 1 atom stereocenters. The summed E-state index contributed by atoms with van der Waals surface area (Å²) in [5.74, 6) is 1.22. The molecule has 0 radical (unpaired) electrons. The van der Waals surface area contributed by atoms with Crippen molar-refractivity contribution >= 4 is 34.7 Å². The maximum absolute atomic E-state index is 12.7. The number of hydrogen-bond acceptors (Lipinski definition) is 4. The van der Waals surface area contributed by atoms with Crippen molar-refractivity contribution in [2.45, 2.75) is 39.2 Å². The number of thiocarbonyl (C=S) groups is 1. The molecule has 7 heteroatoms. The van der Waals surface area contributed by atoms with Gasteiger partial charge in [-0.3, -0.25) is 4.79 Å². The van der Waals surface area contributed by atoms with Gasteiger partial charge in [-0.2, -0.15) is 0 Å². The predicted molar refractivity (Wildman–Crippen MR) is 106 cm³/mol. The Labute approximate surface area is 164 Å². The van der Waals surface area contributed by atoms with Crippen molar-refractivity contribution in [1.82, 2.24) is 10.2 Å². The van der Waals surface area contributed by atoms with Gasteiger partial charge in [-0.15, -0.1) is 0 Å². The van der Waals surface area contributed by atoms with Crippen LogP contribution in [-0.2, 0) is 4.79 Å². The summed E-state index contributed by atoms with van der Waals surface area (Å²) in [4.78, 5) is 14.8. The molecule has 1 aliphatic carbocycles. The number of allylic oxidation sites excluding steroid dienone is 1. The van der Waals surface area contributed by atoms with Gasteiger partial charge in [0.05, 0.1) is 24.8 Å². The van der Waals surface area contributed by atoms with Gasteiger partial charge < -0.3 is 19.7 Å². The van der Waals surface area contributed by atoms with Gasteiger partial charge >= 0.3 is 0 Å². The smallest absolute Gasteiger partial charge is 0.179 e. The molecule has 0 saturated carbocycles. The van der Waals surface area contributed by atoms with Gasteiger partial charge in [0.2, 0.25) is 0 Å². The summed E-state index contributed by atoms with van der Waals surface area (Å²) in [7, 11) is 1.56. The first-order valence-electron chi connectivity index (χ1n) is 8.86. The van der Waals surface area contributed by atoms with E-state index in [9.17, 15) is 4.79 Å². The molecule has 1 aliphatic heterocycles. The van der Waals surface area contributed by atoms with E-state index >= 15 is 0 Å². The fourth-order valence-corrected chi connectivity index (χ4v) is 4.30. The third-order valence-corrected chi connectivity index (χ3v) is 5.36. The minimum Gasteiger partial charge on any atom is -0.491 e. The quantitative estimate of drug-likeness (QED) is 0.761. The van der Waals surface area contributed by atoms with Crippen molar-refractivity contribution in [2.75, 3.05) is 20.3 Å². The van der Waals surface area contributed by atoms with E-state index in [1.807, 2.05) is 30.9 Å². The van der Waals surface area contributed by atoms with E-state index < -0.39 is 0 Å². The highest BCUT2D eigenvalue weighted by Crippen LogP contribution is 2.42. The van der Waals surface area contributed by atoms with Gasteiger partial charge in [-0.05, 0) is 56.6 Å². The molecule has 0 bridgehead atoms. The second kappa shape index (κ2) is 7.84. The lowest BCUT2D eigenvalue weighted by molar-refractivity contribution is -0.116. The standard InChI is InChI=1S/C19H23ClN2O3S/c1-4-22-13-7-6-8-14(23)16(13)17(21-19(22)26)11-9-12(20)18(24-3)15(10-11)25-5-2/h9-10,17H,4-8H2,1-3H3,(H,21,26). The van der Waals surface area contributed by atoms with Gasteiger partial charge in [-0.1, -0.05) is 11.6 Å². The highest BCUT2D eigenvalue weighted by atomic mass is 35.5. The number of rotatable bonds is 5. The Bertz CT molecular complexity index is 778. The number of nitrogens with zero attached hydrogens (tertiary/aromatic N) is 1. The lowest BCUT2D eigenvalue weighted by Crippen LogP contribution is -2.49. The Balaban J connectivity index is 2.13. The Morgan fingerprint density at radius 2 is 2.12 bits per heavy atom. The average Bonchev–Trinajstić information content (AvgIpc) is 2.61. The number of Topliss-reactive ketones (excluding diaryl/α,β-unsaturated/α-hetero) is 1. The highest BCUT2D eigenvalue weighted by molar-refractivity contribution is 7.80. The first kappa shape index (κ1) is 19.0. The second-order valence-electron chi connectivity index (χ2n) is 6.23. The third-order valence-electron chi connectivity index (χ3n) is 4.74. The van der Waals surface area contributed by atoms with Gasteiger partial charge in [0.1, 0.15) is 0 Å². The summed E-state index contributed by atoms with van der Waals surface area (Å²) < 4.78 is 11.1. The number of nitrogens with one attached hydrogen (secondary N) is 1. The third kappa shape index (κ3) is 3.28. The van der Waals surface area contributed by atoms with Crippen molar-refractivity contribution in [3.63, 3.8) is 0 Å². The molecular weight excluding hydrogens is 372 g/mol. The van der Waals surface area contributed by atoms with Crippen LogP contribution in [0.1, 0.15) is 44.7 Å². The van der Waals surface area contributed by atoms with Crippen LogP contribution < -0.4 is 14.8 Å². The molecular formula is C19H23ClN2O3S. The van der Waals surface area contributed by atoms with Gasteiger partial charge in [-0.25, -0.2) is 0 Å². The fraction of sp³-hybridized carbons (Fsp3) is 0.474. The lowest BCUT2D eigenvalue weighted by atomic mass is 9.84.